The number of nitrogens with zero attached hydrogens (tertiary/aromatic N) is 2. The lowest BCUT2D eigenvalue weighted by Crippen LogP contribution is -2.48. The highest BCUT2D eigenvalue weighted by Crippen LogP contribution is 2.57. The number of amides is 2. The Morgan fingerprint density at radius 2 is 1.94 bits per heavy atom. The van der Waals surface area contributed by atoms with Gasteiger partial charge in [-0.1, -0.05) is 30.7 Å². The second-order valence-corrected chi connectivity index (χ2v) is 10.2. The zero-order valence-electron chi connectivity index (χ0n) is 21.4. The molecule has 2 fully saturated rings. The summed E-state index contributed by atoms with van der Waals surface area (Å²) in [5.41, 5.74) is 0.115. The van der Waals surface area contributed by atoms with Gasteiger partial charge >= 0.3 is 12.0 Å². The van der Waals surface area contributed by atoms with Gasteiger partial charge < -0.3 is 24.4 Å². The zero-order valence-corrected chi connectivity index (χ0v) is 21.4. The van der Waals surface area contributed by atoms with Crippen LogP contribution in [-0.2, 0) is 20.9 Å². The van der Waals surface area contributed by atoms with Crippen LogP contribution in [-0.4, -0.2) is 71.6 Å². The van der Waals surface area contributed by atoms with Crippen molar-refractivity contribution in [1.29, 1.82) is 0 Å². The van der Waals surface area contributed by atoms with E-state index >= 15 is 0 Å². The standard InChI is InChI=1S/C28H38N2O6/c1-3-36-26(33)28-16-21(28)9-7-5-4-6-8-14-29(18-20-10-12-23(35-2)13-11-20)27(34)30-19-22(31)15-24(30)25(32)17-28/h7,9-13,21-22,24,31H,3-6,8,14-19H2,1-2H3/b9-7-/t21-,22+,24+,28-/m1/s1. The highest BCUT2D eigenvalue weighted by molar-refractivity contribution is 5.94. The molecule has 0 aromatic heterocycles. The van der Waals surface area contributed by atoms with Gasteiger partial charge in [-0.15, -0.1) is 0 Å². The molecule has 2 aliphatic heterocycles. The number of allylic oxidation sites excluding steroid dienone is 2. The summed E-state index contributed by atoms with van der Waals surface area (Å²) in [5, 5.41) is 10.4. The third-order valence-corrected chi connectivity index (χ3v) is 7.67. The maximum Gasteiger partial charge on any atom is 0.321 e. The molecule has 1 aliphatic carbocycles. The molecule has 2 amide bonds. The SMILES string of the molecule is CCOC(=O)[C@]12CC(=O)[C@@H]3C[C@H](O)CN3C(=O)N(Cc3ccc(OC)cc3)CCCCC/C=C\[C@@H]1C2. The van der Waals surface area contributed by atoms with Crippen molar-refractivity contribution in [3.8, 4) is 5.75 Å². The zero-order chi connectivity index (χ0) is 25.7. The number of hydrogen-bond donors (Lipinski definition) is 1. The van der Waals surface area contributed by atoms with Gasteiger partial charge in [0.1, 0.15) is 5.75 Å². The van der Waals surface area contributed by atoms with Crippen LogP contribution >= 0.6 is 0 Å². The molecule has 8 heteroatoms. The minimum Gasteiger partial charge on any atom is -0.497 e. The molecule has 4 rings (SSSR count). The van der Waals surface area contributed by atoms with E-state index in [0.29, 0.717) is 19.5 Å². The van der Waals surface area contributed by atoms with Crippen LogP contribution in [0.25, 0.3) is 0 Å². The first-order valence-electron chi connectivity index (χ1n) is 13.1. The first-order valence-corrected chi connectivity index (χ1v) is 13.1. The Labute approximate surface area is 213 Å². The van der Waals surface area contributed by atoms with Crippen molar-refractivity contribution in [3.05, 3.63) is 42.0 Å². The smallest absolute Gasteiger partial charge is 0.321 e. The van der Waals surface area contributed by atoms with E-state index in [1.165, 1.54) is 4.90 Å². The molecule has 0 bridgehead atoms. The van der Waals surface area contributed by atoms with E-state index in [1.807, 2.05) is 24.3 Å². The van der Waals surface area contributed by atoms with E-state index in [9.17, 15) is 19.5 Å². The van der Waals surface area contributed by atoms with Crippen LogP contribution in [0.15, 0.2) is 36.4 Å². The molecule has 8 nitrogen and oxygen atoms in total. The number of hydrogen-bond acceptors (Lipinski definition) is 6. The number of aliphatic hydroxyl groups is 1. The van der Waals surface area contributed by atoms with Crippen LogP contribution in [0.1, 0.15) is 57.4 Å². The molecule has 0 radical (unpaired) electrons. The average molecular weight is 499 g/mol. The Balaban J connectivity index is 1.58. The second-order valence-electron chi connectivity index (χ2n) is 10.2. The summed E-state index contributed by atoms with van der Waals surface area (Å²) in [6.07, 6.45) is 7.92. The maximum atomic E-state index is 13.8. The van der Waals surface area contributed by atoms with Gasteiger partial charge in [-0.05, 0) is 56.2 Å². The van der Waals surface area contributed by atoms with E-state index < -0.39 is 17.6 Å². The normalized spacial score (nSPS) is 30.0. The summed E-state index contributed by atoms with van der Waals surface area (Å²) in [5.74, 6) is 0.211. The topological polar surface area (TPSA) is 96.4 Å². The maximum absolute atomic E-state index is 13.8. The van der Waals surface area contributed by atoms with Gasteiger partial charge in [-0.3, -0.25) is 9.59 Å². The van der Waals surface area contributed by atoms with Gasteiger partial charge in [0.15, 0.2) is 5.78 Å². The van der Waals surface area contributed by atoms with Crippen LogP contribution in [0.2, 0.25) is 0 Å². The fourth-order valence-electron chi connectivity index (χ4n) is 5.51. The van der Waals surface area contributed by atoms with Crippen molar-refractivity contribution >= 4 is 17.8 Å². The molecule has 1 aromatic carbocycles. The van der Waals surface area contributed by atoms with Gasteiger partial charge in [0.05, 0.1) is 31.3 Å². The number of carbonyl (C=O) groups is 3. The highest BCUT2D eigenvalue weighted by atomic mass is 16.5. The predicted molar refractivity (Wildman–Crippen MR) is 134 cm³/mol. The average Bonchev–Trinajstić information content (AvgIpc) is 3.42. The number of Topliss-reactive ketones (excluding diaryl/α,β-unsaturated/α-hetero) is 1. The van der Waals surface area contributed by atoms with Gasteiger partial charge in [0.2, 0.25) is 0 Å². The van der Waals surface area contributed by atoms with Crippen molar-refractivity contribution in [2.75, 3.05) is 26.8 Å². The number of ether oxygens (including phenoxy) is 2. The Hall–Kier alpha value is -2.87. The van der Waals surface area contributed by atoms with Gasteiger partial charge in [-0.2, -0.15) is 0 Å². The molecule has 36 heavy (non-hydrogen) atoms. The van der Waals surface area contributed by atoms with E-state index in [-0.39, 0.29) is 49.7 Å². The molecule has 0 spiro atoms. The molecular formula is C28H38N2O6. The van der Waals surface area contributed by atoms with Crippen LogP contribution < -0.4 is 4.74 Å². The van der Waals surface area contributed by atoms with Crippen LogP contribution in [0, 0.1) is 11.3 Å². The van der Waals surface area contributed by atoms with E-state index in [1.54, 1.807) is 18.9 Å². The number of ketones is 1. The lowest BCUT2D eigenvalue weighted by molar-refractivity contribution is -0.152. The minimum absolute atomic E-state index is 0.0207. The van der Waals surface area contributed by atoms with E-state index in [0.717, 1.165) is 37.0 Å². The summed E-state index contributed by atoms with van der Waals surface area (Å²) < 4.78 is 10.6. The first-order chi connectivity index (χ1) is 17.4. The third kappa shape index (κ3) is 5.75. The molecule has 1 aromatic rings. The summed E-state index contributed by atoms with van der Waals surface area (Å²) in [6.45, 7) is 3.12. The third-order valence-electron chi connectivity index (χ3n) is 7.67. The number of aliphatic hydroxyl groups excluding tert-OH is 1. The minimum atomic E-state index is -0.852. The monoisotopic (exact) mass is 498 g/mol. The fraction of sp³-hybridized carbons (Fsp3) is 0.607. The number of rotatable bonds is 5. The fourth-order valence-corrected chi connectivity index (χ4v) is 5.51. The van der Waals surface area contributed by atoms with Crippen LogP contribution in [0.5, 0.6) is 5.75 Å². The summed E-state index contributed by atoms with van der Waals surface area (Å²) in [6, 6.07) is 6.62. The second kappa shape index (κ2) is 11.5. The number of carbonyl (C=O) groups excluding carboxylic acids is 3. The molecule has 1 N–H and O–H groups in total. The summed E-state index contributed by atoms with van der Waals surface area (Å²) in [7, 11) is 1.61. The van der Waals surface area contributed by atoms with Crippen molar-refractivity contribution < 1.29 is 29.0 Å². The molecule has 2 heterocycles. The Kier molecular flexibility index (Phi) is 8.34. The van der Waals surface area contributed by atoms with Crippen molar-refractivity contribution in [2.45, 2.75) is 70.6 Å². The highest BCUT2D eigenvalue weighted by Gasteiger charge is 2.61. The van der Waals surface area contributed by atoms with Gasteiger partial charge in [0.25, 0.3) is 0 Å². The summed E-state index contributed by atoms with van der Waals surface area (Å²) >= 11 is 0. The molecule has 3 aliphatic rings. The number of esters is 1. The molecule has 4 atom stereocenters. The Morgan fingerprint density at radius 3 is 2.67 bits per heavy atom. The molecular weight excluding hydrogens is 460 g/mol. The van der Waals surface area contributed by atoms with Crippen LogP contribution in [0.4, 0.5) is 4.79 Å². The first kappa shape index (κ1) is 26.2. The van der Waals surface area contributed by atoms with E-state index in [4.69, 9.17) is 9.47 Å². The van der Waals surface area contributed by atoms with E-state index in [2.05, 4.69) is 12.2 Å². The number of benzene rings is 1. The van der Waals surface area contributed by atoms with Gasteiger partial charge in [-0.25, -0.2) is 4.79 Å². The number of methoxy groups -OCH3 is 1. The molecule has 196 valence electrons. The Bertz CT molecular complexity index is 977. The molecule has 1 saturated carbocycles. The van der Waals surface area contributed by atoms with Crippen molar-refractivity contribution in [2.24, 2.45) is 11.3 Å². The van der Waals surface area contributed by atoms with Crippen molar-refractivity contribution in [3.63, 3.8) is 0 Å². The predicted octanol–water partition coefficient (Wildman–Crippen LogP) is 3.71. The van der Waals surface area contributed by atoms with Crippen LogP contribution in [0.3, 0.4) is 0 Å². The molecule has 0 unspecified atom stereocenters. The van der Waals surface area contributed by atoms with Gasteiger partial charge in [0, 0.05) is 32.5 Å². The number of urea groups is 1. The largest absolute Gasteiger partial charge is 0.497 e. The number of fused-ring (bicyclic) bond motifs is 2. The van der Waals surface area contributed by atoms with Crippen molar-refractivity contribution in [1.82, 2.24) is 9.80 Å². The quantitative estimate of drug-likeness (QED) is 0.491. The summed E-state index contributed by atoms with van der Waals surface area (Å²) in [4.78, 5) is 43.5. The Morgan fingerprint density at radius 1 is 1.17 bits per heavy atom. The lowest BCUT2D eigenvalue weighted by atomic mass is 9.92. The molecule has 1 saturated heterocycles. The lowest BCUT2D eigenvalue weighted by Gasteiger charge is -2.32.